The van der Waals surface area contributed by atoms with Crippen molar-refractivity contribution in [3.8, 4) is 0 Å². The molecule has 0 saturated heterocycles. The minimum atomic E-state index is -0.682. The van der Waals surface area contributed by atoms with Gasteiger partial charge in [-0.2, -0.15) is 4.98 Å². The third kappa shape index (κ3) is 9.94. The van der Waals surface area contributed by atoms with E-state index in [1.54, 1.807) is 41.3 Å². The van der Waals surface area contributed by atoms with Crippen molar-refractivity contribution in [1.29, 1.82) is 0 Å². The van der Waals surface area contributed by atoms with Crippen LogP contribution in [0.25, 0.3) is 33.5 Å². The molecule has 1 amide bonds. The van der Waals surface area contributed by atoms with Gasteiger partial charge in [0.25, 0.3) is 22.2 Å². The Kier molecular flexibility index (Phi) is 12.8. The first-order chi connectivity index (χ1) is 31.7. The summed E-state index contributed by atoms with van der Waals surface area (Å²) >= 11 is 0. The van der Waals surface area contributed by atoms with Gasteiger partial charge >= 0.3 is 11.4 Å². The smallest absolute Gasteiger partial charge is 0.327 e. The molecule has 12 rings (SSSR count). The first kappa shape index (κ1) is 44.3. The molecule has 1 unspecified atom stereocenters. The summed E-state index contributed by atoms with van der Waals surface area (Å²) in [6.45, 7) is 0. The number of rotatable bonds is 0. The second-order valence-electron chi connectivity index (χ2n) is 13.5. The maximum absolute atomic E-state index is 11.0. The third-order valence-electron chi connectivity index (χ3n) is 9.09. The maximum Gasteiger partial charge on any atom is 0.327 e. The van der Waals surface area contributed by atoms with Crippen LogP contribution < -0.4 is 55.7 Å². The zero-order valence-electron chi connectivity index (χ0n) is 34.1. The molecule has 14 N–H and O–H groups in total. The molecule has 0 fully saturated rings. The van der Waals surface area contributed by atoms with Crippen LogP contribution in [-0.2, 0) is 31.7 Å². The van der Waals surface area contributed by atoms with Gasteiger partial charge in [-0.25, -0.2) is 54.5 Å². The van der Waals surface area contributed by atoms with Crippen LogP contribution in [0.5, 0.6) is 0 Å². The number of aliphatic hydroxyl groups is 1. The van der Waals surface area contributed by atoms with E-state index in [1.165, 1.54) is 25.3 Å². The number of aromatic nitrogens is 16. The number of aromatic amines is 7. The quantitative estimate of drug-likeness (QED) is 0.0697. The van der Waals surface area contributed by atoms with Crippen molar-refractivity contribution >= 4 is 81.6 Å². The van der Waals surface area contributed by atoms with Crippen LogP contribution in [0.3, 0.4) is 0 Å². The Hall–Kier alpha value is -9.81. The Labute approximate surface area is 363 Å². The second kappa shape index (κ2) is 19.1. The monoisotopic (exact) mass is 905 g/mol. The van der Waals surface area contributed by atoms with Gasteiger partial charge in [0.15, 0.2) is 40.0 Å². The Morgan fingerprint density at radius 3 is 2.11 bits per heavy atom. The average Bonchev–Trinajstić information content (AvgIpc) is 4.14. The van der Waals surface area contributed by atoms with Gasteiger partial charge in [0.1, 0.15) is 29.3 Å². The number of hydrogen-bond acceptors (Lipinski definition) is 21. The maximum atomic E-state index is 11.0. The molecule has 8 aromatic heterocycles. The molecule has 4 aliphatic heterocycles. The number of amides is 1. The lowest BCUT2D eigenvalue weighted by atomic mass is 10.2. The Morgan fingerprint density at radius 1 is 0.697 bits per heavy atom. The lowest BCUT2D eigenvalue weighted by molar-refractivity contribution is -0.115. The Balaban J connectivity index is 0.000000118. The summed E-state index contributed by atoms with van der Waals surface area (Å²) in [6.07, 6.45) is 12.8. The first-order valence-electron chi connectivity index (χ1n) is 18.8. The molecule has 338 valence electrons. The van der Waals surface area contributed by atoms with Crippen LogP contribution >= 0.6 is 0 Å². The van der Waals surface area contributed by atoms with Gasteiger partial charge in [-0.3, -0.25) is 48.9 Å². The number of aryl methyl sites for hydroxylation is 2. The number of nitrogen functional groups attached to an aromatic ring is 2. The Morgan fingerprint density at radius 2 is 1.38 bits per heavy atom. The normalized spacial score (nSPS) is 14.5. The highest BCUT2D eigenvalue weighted by atomic mass is 16.3. The van der Waals surface area contributed by atoms with E-state index in [-0.39, 0.29) is 40.8 Å². The van der Waals surface area contributed by atoms with E-state index in [1.807, 2.05) is 12.0 Å². The Bertz CT molecular complexity index is 3610. The van der Waals surface area contributed by atoms with E-state index in [9.17, 15) is 38.7 Å². The summed E-state index contributed by atoms with van der Waals surface area (Å²) in [5, 5.41) is 14.4. The van der Waals surface area contributed by atoms with Gasteiger partial charge < -0.3 is 46.3 Å². The minimum Gasteiger partial charge on any atom is -0.382 e. The molecule has 12 heterocycles. The van der Waals surface area contributed by atoms with E-state index in [0.29, 0.717) is 63.4 Å². The number of carbonyl (C=O) groups excluding carboxylic acids is 1. The van der Waals surface area contributed by atoms with Crippen LogP contribution in [0, 0.1) is 0 Å². The minimum absolute atomic E-state index is 0.0292. The molecule has 0 bridgehead atoms. The topological polar surface area (TPSA) is 464 Å². The number of nitrogens with two attached hydrogens (primary N) is 2. The lowest BCUT2D eigenvalue weighted by Crippen LogP contribution is -2.24. The summed E-state index contributed by atoms with van der Waals surface area (Å²) < 4.78 is 3.50. The zero-order valence-corrected chi connectivity index (χ0v) is 34.1. The number of carbonyl (C=O) groups is 1. The molecular formula is C35H35N23O8. The fraction of sp³-hybridized carbons (Fsp3) is 0.171. The fourth-order valence-corrected chi connectivity index (χ4v) is 5.97. The van der Waals surface area contributed by atoms with Crippen molar-refractivity contribution in [3.05, 3.63) is 117 Å². The van der Waals surface area contributed by atoms with Crippen molar-refractivity contribution < 1.29 is 9.90 Å². The zero-order chi connectivity index (χ0) is 47.1. The van der Waals surface area contributed by atoms with Crippen LogP contribution in [0.15, 0.2) is 86.8 Å². The van der Waals surface area contributed by atoms with Gasteiger partial charge in [-0.1, -0.05) is 0 Å². The number of aliphatic imine (C=N–C) groups is 3. The number of anilines is 3. The lowest BCUT2D eigenvalue weighted by Gasteiger charge is -2.13. The molecule has 31 heteroatoms. The molecule has 31 nitrogen and oxygen atoms in total. The van der Waals surface area contributed by atoms with Crippen LogP contribution in [0.4, 0.5) is 23.4 Å². The molecule has 0 radical (unpaired) electrons. The molecule has 1 atom stereocenters. The predicted molar refractivity (Wildman–Crippen MR) is 236 cm³/mol. The predicted octanol–water partition coefficient (Wildman–Crippen LogP) is -3.67. The van der Waals surface area contributed by atoms with Gasteiger partial charge in [0, 0.05) is 44.9 Å². The highest BCUT2D eigenvalue weighted by molar-refractivity contribution is 5.97. The molecule has 8 aromatic rings. The summed E-state index contributed by atoms with van der Waals surface area (Å²) in [5.74, 6) is 1.58. The van der Waals surface area contributed by atoms with Gasteiger partial charge in [0.2, 0.25) is 11.9 Å². The van der Waals surface area contributed by atoms with Gasteiger partial charge in [-0.15, -0.1) is 0 Å². The molecule has 0 aliphatic carbocycles. The van der Waals surface area contributed by atoms with E-state index < -0.39 is 23.2 Å². The number of hydrogen-bond donors (Lipinski definition) is 12. The molecule has 0 saturated carbocycles. The summed E-state index contributed by atoms with van der Waals surface area (Å²) in [6, 6.07) is 0. The largest absolute Gasteiger partial charge is 0.382 e. The second-order valence-corrected chi connectivity index (χ2v) is 13.5. The van der Waals surface area contributed by atoms with Crippen molar-refractivity contribution in [1.82, 2.24) is 84.2 Å². The average molecular weight is 906 g/mol. The van der Waals surface area contributed by atoms with E-state index in [2.05, 4.69) is 90.4 Å². The fourth-order valence-electron chi connectivity index (χ4n) is 5.97. The van der Waals surface area contributed by atoms with Crippen molar-refractivity contribution in [2.75, 3.05) is 16.8 Å². The standard InChI is InChI=1S/C6H7N5.C6H6N4O.C6H5N3O3.C6H5N3O2.C6H7N3O.C5H5N5O/c1-11-3-10-4-5(7)8-2-9-6(4)11;1-10-3-9-4-5(10)7-2-8-6(4)11;10-3-1-2-4(7-3)8-6(12)9-5(2)11;10-5-3-1-2-7-4(3)8-6(11)9-5;10-6-4-1-2-7-5(4)8-3-9-6;6-5-9-3-2(4(11)10-5)7-1-8-3/h2-3H,1H3,(H2,7,8,9);2-3H,1H3,(H,7,8,11);1H2,(H3,7,8,9,10,11,12);2H,1H2,(H2,8,9,10,11);2-3,6,10H,1H2,(H,8,9);1H,(H4,6,7,8,9,10,11). The van der Waals surface area contributed by atoms with Crippen molar-refractivity contribution in [2.45, 2.75) is 25.5 Å². The number of aliphatic hydroxyl groups excluding tert-OH is 1. The highest BCUT2D eigenvalue weighted by Crippen LogP contribution is 2.20. The molecule has 0 spiro atoms. The number of nitrogens with zero attached hydrogens (tertiary/aromatic N) is 12. The SMILES string of the molecule is Cn1cnc2c(=O)[nH]cnc21.Cn1cnc2c(N)ncnc21.Nc1nc2nc[nH]c2c(=O)[nH]1.O=C1Cc2c([nH]c(=O)[nH]c2=O)N1.O=c1[nH]c2c(c(=O)[nH]1)CC=N2.OC1N=CNC2=C1CC=N2. The van der Waals surface area contributed by atoms with E-state index >= 15 is 0 Å². The van der Waals surface area contributed by atoms with Crippen molar-refractivity contribution in [3.63, 3.8) is 0 Å². The summed E-state index contributed by atoms with van der Waals surface area (Å²) in [4.78, 5) is 131. The molecule has 0 aromatic carbocycles. The first-order valence-corrected chi connectivity index (χ1v) is 18.8. The van der Waals surface area contributed by atoms with Crippen LogP contribution in [0.1, 0.15) is 17.5 Å². The van der Waals surface area contributed by atoms with Crippen molar-refractivity contribution in [2.24, 2.45) is 29.1 Å². The number of H-pyrrole nitrogens is 7. The third-order valence-corrected chi connectivity index (χ3v) is 9.09. The number of imidazole rings is 3. The van der Waals surface area contributed by atoms with Crippen LogP contribution in [-0.4, -0.2) is 115 Å². The number of fused-ring (bicyclic) bond motifs is 5. The highest BCUT2D eigenvalue weighted by Gasteiger charge is 2.22. The van der Waals surface area contributed by atoms with Gasteiger partial charge in [-0.05, 0) is 0 Å². The molecule has 4 aliphatic rings. The van der Waals surface area contributed by atoms with E-state index in [0.717, 1.165) is 17.0 Å². The number of nitrogens with one attached hydrogen (secondary N) is 9. The summed E-state index contributed by atoms with van der Waals surface area (Å²) in [7, 11) is 3.66. The van der Waals surface area contributed by atoms with Gasteiger partial charge in [0.05, 0.1) is 49.2 Å². The van der Waals surface area contributed by atoms with E-state index in [4.69, 9.17) is 11.5 Å². The summed E-state index contributed by atoms with van der Waals surface area (Å²) in [5.41, 5.74) is 13.1. The van der Waals surface area contributed by atoms with Crippen LogP contribution in [0.2, 0.25) is 0 Å². The molecular weight excluding hydrogens is 871 g/mol. The molecule has 66 heavy (non-hydrogen) atoms.